The summed E-state index contributed by atoms with van der Waals surface area (Å²) in [6.45, 7) is 0. The summed E-state index contributed by atoms with van der Waals surface area (Å²) in [6.07, 6.45) is 3.40. The Kier molecular flexibility index (Phi) is 2.74. The number of pyridine rings is 1. The summed E-state index contributed by atoms with van der Waals surface area (Å²) in [7, 11) is -3.00. The van der Waals surface area contributed by atoms with Crippen LogP contribution in [0.3, 0.4) is 0 Å². The van der Waals surface area contributed by atoms with Crippen LogP contribution in [0.15, 0.2) is 18.6 Å². The first-order valence-electron chi connectivity index (χ1n) is 5.84. The van der Waals surface area contributed by atoms with E-state index in [1.807, 2.05) is 0 Å². The predicted octanol–water partition coefficient (Wildman–Crippen LogP) is -0.125. The number of hydrogen-bond donors (Lipinski definition) is 2. The lowest BCUT2D eigenvalue weighted by molar-refractivity contribution is 0.0941. The van der Waals surface area contributed by atoms with Crippen LogP contribution in [0.4, 0.5) is 0 Å². The molecule has 3 rings (SSSR count). The fourth-order valence-corrected chi connectivity index (χ4v) is 3.80. The van der Waals surface area contributed by atoms with Crippen molar-refractivity contribution in [3.8, 4) is 0 Å². The third-order valence-electron chi connectivity index (χ3n) is 3.10. The molecule has 8 heteroatoms. The summed E-state index contributed by atoms with van der Waals surface area (Å²) in [5.74, 6) is -0.167. The van der Waals surface area contributed by atoms with E-state index in [4.69, 9.17) is 0 Å². The zero-order valence-corrected chi connectivity index (χ0v) is 10.8. The molecule has 1 atom stereocenters. The van der Waals surface area contributed by atoms with Crippen LogP contribution in [0.25, 0.3) is 11.2 Å². The van der Waals surface area contributed by atoms with Gasteiger partial charge in [0.25, 0.3) is 5.91 Å². The Labute approximate surface area is 109 Å². The first kappa shape index (κ1) is 12.1. The molecule has 2 N–H and O–H groups in total. The van der Waals surface area contributed by atoms with Gasteiger partial charge in [-0.1, -0.05) is 0 Å². The average Bonchev–Trinajstić information content (AvgIpc) is 2.94. The molecular weight excluding hydrogens is 268 g/mol. The third kappa shape index (κ3) is 2.43. The molecule has 0 bridgehead atoms. The maximum Gasteiger partial charge on any atom is 0.253 e. The molecule has 1 aliphatic heterocycles. The number of sulfone groups is 1. The van der Waals surface area contributed by atoms with Gasteiger partial charge in [0, 0.05) is 12.2 Å². The van der Waals surface area contributed by atoms with Gasteiger partial charge in [0.15, 0.2) is 15.5 Å². The van der Waals surface area contributed by atoms with Crippen LogP contribution in [0.1, 0.15) is 16.8 Å². The smallest absolute Gasteiger partial charge is 0.253 e. The van der Waals surface area contributed by atoms with Crippen molar-refractivity contribution in [2.75, 3.05) is 11.5 Å². The molecule has 0 aliphatic carbocycles. The lowest BCUT2D eigenvalue weighted by atomic mass is 10.2. The fraction of sp³-hybridized carbons (Fsp3) is 0.364. The van der Waals surface area contributed by atoms with Crippen molar-refractivity contribution in [2.45, 2.75) is 12.5 Å². The van der Waals surface area contributed by atoms with Crippen LogP contribution in [0.2, 0.25) is 0 Å². The molecule has 3 heterocycles. The minimum atomic E-state index is -3.00. The number of carbonyl (C=O) groups is 1. The normalized spacial score (nSPS) is 21.6. The molecule has 7 nitrogen and oxygen atoms in total. The molecule has 19 heavy (non-hydrogen) atoms. The van der Waals surface area contributed by atoms with Gasteiger partial charge in [-0.3, -0.25) is 4.79 Å². The van der Waals surface area contributed by atoms with Gasteiger partial charge in [0.2, 0.25) is 0 Å². The number of nitrogens with one attached hydrogen (secondary N) is 2. The van der Waals surface area contributed by atoms with Crippen molar-refractivity contribution < 1.29 is 13.2 Å². The van der Waals surface area contributed by atoms with E-state index in [1.165, 1.54) is 12.5 Å². The fourth-order valence-electron chi connectivity index (χ4n) is 2.13. The Hall–Kier alpha value is -1.96. The number of aromatic amines is 1. The number of imidazole rings is 1. The number of carbonyl (C=O) groups excluding carboxylic acids is 1. The second kappa shape index (κ2) is 4.30. The highest BCUT2D eigenvalue weighted by atomic mass is 32.2. The number of rotatable bonds is 2. The van der Waals surface area contributed by atoms with E-state index >= 15 is 0 Å². The van der Waals surface area contributed by atoms with E-state index in [2.05, 4.69) is 20.3 Å². The molecule has 2 aromatic heterocycles. The molecule has 0 saturated carbocycles. The minimum absolute atomic E-state index is 0.0124. The highest BCUT2D eigenvalue weighted by Gasteiger charge is 2.29. The second-order valence-electron chi connectivity index (χ2n) is 4.57. The number of nitrogens with zero attached hydrogens (tertiary/aromatic N) is 2. The van der Waals surface area contributed by atoms with Gasteiger partial charge >= 0.3 is 0 Å². The Morgan fingerprint density at radius 3 is 3.00 bits per heavy atom. The number of fused-ring (bicyclic) bond motifs is 1. The summed E-state index contributed by atoms with van der Waals surface area (Å²) in [5, 5.41) is 2.72. The molecule has 2 aromatic rings. The minimum Gasteiger partial charge on any atom is -0.348 e. The van der Waals surface area contributed by atoms with Gasteiger partial charge < -0.3 is 10.3 Å². The molecule has 0 aromatic carbocycles. The van der Waals surface area contributed by atoms with Gasteiger partial charge in [-0.15, -0.1) is 0 Å². The number of aromatic nitrogens is 3. The molecule has 1 unspecified atom stereocenters. The van der Waals surface area contributed by atoms with Crippen molar-refractivity contribution in [3.63, 3.8) is 0 Å². The topological polar surface area (TPSA) is 105 Å². The zero-order valence-electron chi connectivity index (χ0n) is 9.96. The third-order valence-corrected chi connectivity index (χ3v) is 4.87. The van der Waals surface area contributed by atoms with E-state index in [0.29, 0.717) is 23.1 Å². The summed E-state index contributed by atoms with van der Waals surface area (Å²) in [4.78, 5) is 22.9. The maximum absolute atomic E-state index is 12.0. The quantitative estimate of drug-likeness (QED) is 0.797. The first-order valence-corrected chi connectivity index (χ1v) is 7.66. The molecule has 1 aliphatic rings. The zero-order chi connectivity index (χ0) is 13.5. The lowest BCUT2D eigenvalue weighted by Gasteiger charge is -2.10. The molecule has 1 fully saturated rings. The van der Waals surface area contributed by atoms with E-state index in [0.717, 1.165) is 0 Å². The summed E-state index contributed by atoms with van der Waals surface area (Å²) >= 11 is 0. The van der Waals surface area contributed by atoms with Crippen LogP contribution < -0.4 is 5.32 Å². The highest BCUT2D eigenvalue weighted by Crippen LogP contribution is 2.13. The van der Waals surface area contributed by atoms with Crippen molar-refractivity contribution in [1.82, 2.24) is 20.3 Å². The Morgan fingerprint density at radius 1 is 1.42 bits per heavy atom. The molecular formula is C11H12N4O3S. The summed E-state index contributed by atoms with van der Waals surface area (Å²) < 4.78 is 22.6. The van der Waals surface area contributed by atoms with Gasteiger partial charge in [0.05, 0.1) is 28.9 Å². The Morgan fingerprint density at radius 2 is 2.26 bits per heavy atom. The van der Waals surface area contributed by atoms with E-state index in [-0.39, 0.29) is 23.5 Å². The van der Waals surface area contributed by atoms with Gasteiger partial charge in [-0.2, -0.15) is 0 Å². The molecule has 100 valence electrons. The Bertz CT molecular complexity index is 737. The highest BCUT2D eigenvalue weighted by molar-refractivity contribution is 7.91. The lowest BCUT2D eigenvalue weighted by Crippen LogP contribution is -2.35. The standard InChI is InChI=1S/C11H12N4O3S/c16-11(15-8-1-2-19(17,18)5-8)7-3-9-10(12-4-7)14-6-13-9/h3-4,6,8H,1-2,5H2,(H,15,16)(H,12,13,14). The van der Waals surface area contributed by atoms with Crippen molar-refractivity contribution >= 4 is 26.9 Å². The van der Waals surface area contributed by atoms with E-state index in [9.17, 15) is 13.2 Å². The largest absolute Gasteiger partial charge is 0.348 e. The molecule has 1 saturated heterocycles. The first-order chi connectivity index (χ1) is 9.03. The van der Waals surface area contributed by atoms with Crippen LogP contribution >= 0.6 is 0 Å². The molecule has 0 radical (unpaired) electrons. The van der Waals surface area contributed by atoms with Crippen LogP contribution in [-0.4, -0.2) is 46.8 Å². The second-order valence-corrected chi connectivity index (χ2v) is 6.80. The van der Waals surface area contributed by atoms with Crippen molar-refractivity contribution in [1.29, 1.82) is 0 Å². The van der Waals surface area contributed by atoms with Crippen molar-refractivity contribution in [2.24, 2.45) is 0 Å². The molecule has 1 amide bonds. The number of amides is 1. The van der Waals surface area contributed by atoms with Crippen LogP contribution in [0.5, 0.6) is 0 Å². The van der Waals surface area contributed by atoms with Gasteiger partial charge in [-0.05, 0) is 12.5 Å². The van der Waals surface area contributed by atoms with Crippen LogP contribution in [-0.2, 0) is 9.84 Å². The van der Waals surface area contributed by atoms with Crippen molar-refractivity contribution in [3.05, 3.63) is 24.2 Å². The van der Waals surface area contributed by atoms with Crippen LogP contribution in [0, 0.1) is 0 Å². The number of hydrogen-bond acceptors (Lipinski definition) is 5. The maximum atomic E-state index is 12.0. The summed E-state index contributed by atoms with van der Waals surface area (Å²) in [6, 6.07) is 1.34. The number of H-pyrrole nitrogens is 1. The monoisotopic (exact) mass is 280 g/mol. The average molecular weight is 280 g/mol. The summed E-state index contributed by atoms with van der Waals surface area (Å²) in [5.41, 5.74) is 1.60. The van der Waals surface area contributed by atoms with E-state index < -0.39 is 9.84 Å². The van der Waals surface area contributed by atoms with E-state index in [1.54, 1.807) is 6.07 Å². The predicted molar refractivity (Wildman–Crippen MR) is 68.4 cm³/mol. The SMILES string of the molecule is O=C(NC1CCS(=O)(=O)C1)c1cnc2nc[nH]c2c1. The molecule has 0 spiro atoms. The van der Waals surface area contributed by atoms with Gasteiger partial charge in [-0.25, -0.2) is 18.4 Å². The Balaban J connectivity index is 1.76. The van der Waals surface area contributed by atoms with Gasteiger partial charge in [0.1, 0.15) is 0 Å².